The van der Waals surface area contributed by atoms with Crippen molar-refractivity contribution >= 4 is 11.9 Å². The fourth-order valence-corrected chi connectivity index (χ4v) is 7.24. The third-order valence-electron chi connectivity index (χ3n) is 8.53. The first kappa shape index (κ1) is 35.4. The predicted octanol–water partition coefficient (Wildman–Crippen LogP) is 7.47. The first-order valence-corrected chi connectivity index (χ1v) is 16.5. The van der Waals surface area contributed by atoms with E-state index in [2.05, 4.69) is 22.0 Å². The minimum Gasteiger partial charge on any atom is -0.497 e. The molecule has 4 aromatic rings. The second-order valence-electron chi connectivity index (χ2n) is 11.7. The first-order valence-electron chi connectivity index (χ1n) is 15.8. The van der Waals surface area contributed by atoms with Gasteiger partial charge in [0.05, 0.1) is 26.3 Å². The number of benzene rings is 3. The van der Waals surface area contributed by atoms with Gasteiger partial charge in [0.15, 0.2) is 0 Å². The molecule has 0 aliphatic heterocycles. The van der Waals surface area contributed by atoms with Gasteiger partial charge >= 0.3 is 6.18 Å². The van der Waals surface area contributed by atoms with Crippen LogP contribution in [-0.4, -0.2) is 58.1 Å². The summed E-state index contributed by atoms with van der Waals surface area (Å²) in [6.45, 7) is 4.41. The molecular weight excluding hydrogens is 641 g/mol. The van der Waals surface area contributed by atoms with Crippen LogP contribution in [0, 0.1) is 0 Å². The molecule has 9 nitrogen and oxygen atoms in total. The Balaban J connectivity index is 1.63. The quantitative estimate of drug-likeness (QED) is 0.0825. The molecule has 1 saturated carbocycles. The molecule has 5 rings (SSSR count). The average molecular weight is 683 g/mol. The molecule has 1 aliphatic rings. The normalized spacial score (nSPS) is 17.3. The molecule has 3 aromatic carbocycles. The van der Waals surface area contributed by atoms with Crippen LogP contribution in [0.5, 0.6) is 11.5 Å². The molecule has 48 heavy (non-hydrogen) atoms. The Kier molecular flexibility index (Phi) is 11.8. The zero-order valence-corrected chi connectivity index (χ0v) is 28.1. The van der Waals surface area contributed by atoms with Crippen molar-refractivity contribution in [1.29, 1.82) is 0 Å². The van der Waals surface area contributed by atoms with Gasteiger partial charge in [-0.25, -0.2) is 4.31 Å². The minimum atomic E-state index is -4.66. The lowest BCUT2D eigenvalue weighted by Gasteiger charge is -2.32. The largest absolute Gasteiger partial charge is 0.497 e. The summed E-state index contributed by atoms with van der Waals surface area (Å²) in [6.07, 6.45) is -0.121. The Morgan fingerprint density at radius 2 is 1.58 bits per heavy atom. The Labute approximate surface area is 283 Å². The Morgan fingerprint density at radius 3 is 2.15 bits per heavy atom. The number of ether oxygens (including phenoxy) is 3. The molecule has 1 aromatic heterocycles. The fraction of sp³-hybridized carbons (Fsp3) is 0.400. The summed E-state index contributed by atoms with van der Waals surface area (Å²) in [5.41, 5.74) is 8.28. The zero-order valence-electron chi connectivity index (χ0n) is 27.3. The zero-order chi connectivity index (χ0) is 34.3. The molecule has 0 bridgehead atoms. The topological polar surface area (TPSA) is 101 Å². The Morgan fingerprint density at radius 1 is 0.958 bits per heavy atom. The van der Waals surface area contributed by atoms with Crippen LogP contribution in [0.4, 0.5) is 13.2 Å². The molecule has 1 aliphatic carbocycles. The van der Waals surface area contributed by atoms with Crippen molar-refractivity contribution in [2.75, 3.05) is 21.3 Å². The lowest BCUT2D eigenvalue weighted by molar-refractivity contribution is -0.139. The third kappa shape index (κ3) is 8.56. The molecule has 1 unspecified atom stereocenters. The van der Waals surface area contributed by atoms with Crippen LogP contribution in [0.25, 0.3) is 11.4 Å². The second kappa shape index (κ2) is 16.0. The van der Waals surface area contributed by atoms with Crippen molar-refractivity contribution in [3.05, 3.63) is 95.6 Å². The molecule has 1 heterocycles. The number of hydrogen-bond donors (Lipinski definition) is 1. The van der Waals surface area contributed by atoms with Crippen LogP contribution in [0.15, 0.2) is 78.2 Å². The van der Waals surface area contributed by atoms with Gasteiger partial charge in [-0.3, -0.25) is 0 Å². The van der Waals surface area contributed by atoms with Gasteiger partial charge < -0.3 is 19.9 Å². The van der Waals surface area contributed by atoms with Gasteiger partial charge in [0.2, 0.25) is 5.82 Å². The maximum Gasteiger partial charge on any atom is 0.417 e. The molecule has 1 atom stereocenters. The van der Waals surface area contributed by atoms with Crippen molar-refractivity contribution in [2.24, 2.45) is 5.73 Å². The molecule has 13 heteroatoms. The smallest absolute Gasteiger partial charge is 0.417 e. The Bertz CT molecular complexity index is 1640. The molecule has 0 amide bonds. The third-order valence-corrected chi connectivity index (χ3v) is 9.74. The second-order valence-corrected chi connectivity index (χ2v) is 12.8. The summed E-state index contributed by atoms with van der Waals surface area (Å²) in [4.78, 5) is 1.40. The lowest BCUT2D eigenvalue weighted by atomic mass is 9.80. The number of aromatic nitrogens is 4. The van der Waals surface area contributed by atoms with E-state index in [1.54, 1.807) is 30.7 Å². The van der Waals surface area contributed by atoms with E-state index in [0.717, 1.165) is 54.3 Å². The number of halogens is 3. The summed E-state index contributed by atoms with van der Waals surface area (Å²) in [5, 5.41) is 13.3. The van der Waals surface area contributed by atoms with Crippen LogP contribution in [0.2, 0.25) is 0 Å². The van der Waals surface area contributed by atoms with Gasteiger partial charge in [0.1, 0.15) is 17.7 Å². The molecule has 256 valence electrons. The highest BCUT2D eigenvalue weighted by atomic mass is 32.2. The monoisotopic (exact) mass is 682 g/mol. The summed E-state index contributed by atoms with van der Waals surface area (Å²) < 4.78 is 63.0. The molecule has 0 spiro atoms. The number of nitrogens with two attached hydrogens (primary N) is 1. The van der Waals surface area contributed by atoms with Gasteiger partial charge in [-0.15, -0.1) is 16.8 Å². The number of nitrogens with zero attached hydrogens (tertiary/aromatic N) is 5. The number of rotatable bonds is 14. The van der Waals surface area contributed by atoms with E-state index in [4.69, 9.17) is 19.9 Å². The summed E-state index contributed by atoms with van der Waals surface area (Å²) in [7, 11) is 4.71. The standard InChI is InChI=1S/C35H41F3N6O3S/c1-5-6-31(47-4)43(21-23-7-15-27(45-2)16-8-23)48-33-30(35(36,37)38)20-19-29(25-11-13-26(39)14-12-25)32(33)34-40-42-44(41-34)22-24-9-17-28(46-3)18-10-24/h5,7-10,15-20,25-26,31H,1,6,11-14,21-22,39H2,2-4H3/t25-,26-,31?. The van der Waals surface area contributed by atoms with Crippen LogP contribution < -0.4 is 15.2 Å². The summed E-state index contributed by atoms with van der Waals surface area (Å²) >= 11 is 0.991. The van der Waals surface area contributed by atoms with Crippen molar-refractivity contribution in [3.63, 3.8) is 0 Å². The highest BCUT2D eigenvalue weighted by Crippen LogP contribution is 2.48. The molecule has 0 radical (unpaired) electrons. The van der Waals surface area contributed by atoms with Gasteiger partial charge in [-0.1, -0.05) is 36.4 Å². The Hall–Kier alpha value is -3.91. The van der Waals surface area contributed by atoms with E-state index < -0.39 is 18.0 Å². The maximum atomic E-state index is 14.9. The van der Waals surface area contributed by atoms with Crippen LogP contribution in [0.3, 0.4) is 0 Å². The first-order chi connectivity index (χ1) is 23.1. The highest BCUT2D eigenvalue weighted by Gasteiger charge is 2.39. The molecular formula is C35H41F3N6O3S. The van der Waals surface area contributed by atoms with Gasteiger partial charge in [0, 0.05) is 36.6 Å². The number of tetrazole rings is 1. The SMILES string of the molecule is C=CCC(OC)N(Cc1ccc(OC)cc1)Sc1c(C(F)(F)F)ccc([C@H]2CC[C@H](N)CC2)c1-c1nnn(Cc2ccc(OC)cc2)n1. The van der Waals surface area contributed by atoms with Crippen LogP contribution >= 0.6 is 11.9 Å². The molecule has 0 saturated heterocycles. The van der Waals surface area contributed by atoms with E-state index in [1.807, 2.05) is 48.5 Å². The van der Waals surface area contributed by atoms with Gasteiger partial charge in [-0.2, -0.15) is 18.0 Å². The molecule has 2 N–H and O–H groups in total. The fourth-order valence-electron chi connectivity index (χ4n) is 5.92. The number of alkyl halides is 3. The van der Waals surface area contributed by atoms with Gasteiger partial charge in [0.25, 0.3) is 0 Å². The van der Waals surface area contributed by atoms with Gasteiger partial charge in [-0.05, 0) is 95.8 Å². The summed E-state index contributed by atoms with van der Waals surface area (Å²) in [6, 6.07) is 17.6. The number of methoxy groups -OCH3 is 3. The van der Waals surface area contributed by atoms with Crippen molar-refractivity contribution in [2.45, 2.75) is 74.5 Å². The van der Waals surface area contributed by atoms with Crippen LogP contribution in [-0.2, 0) is 24.0 Å². The summed E-state index contributed by atoms with van der Waals surface area (Å²) in [5.74, 6) is 1.50. The highest BCUT2D eigenvalue weighted by molar-refractivity contribution is 7.97. The van der Waals surface area contributed by atoms with Crippen molar-refractivity contribution < 1.29 is 27.4 Å². The van der Waals surface area contributed by atoms with E-state index in [1.165, 1.54) is 18.0 Å². The lowest BCUT2D eigenvalue weighted by Crippen LogP contribution is -2.31. The molecule has 1 fully saturated rings. The van der Waals surface area contributed by atoms with E-state index in [9.17, 15) is 13.2 Å². The predicted molar refractivity (Wildman–Crippen MR) is 180 cm³/mol. The van der Waals surface area contributed by atoms with Crippen molar-refractivity contribution in [3.8, 4) is 22.9 Å². The maximum absolute atomic E-state index is 14.9. The minimum absolute atomic E-state index is 0.00140. The van der Waals surface area contributed by atoms with Crippen LogP contribution in [0.1, 0.15) is 60.3 Å². The number of hydrogen-bond acceptors (Lipinski definition) is 9. The van der Waals surface area contributed by atoms with E-state index in [-0.39, 0.29) is 35.8 Å². The van der Waals surface area contributed by atoms with E-state index >= 15 is 0 Å². The average Bonchev–Trinajstić information content (AvgIpc) is 3.55. The van der Waals surface area contributed by atoms with E-state index in [0.29, 0.717) is 23.5 Å². The van der Waals surface area contributed by atoms with Crippen molar-refractivity contribution in [1.82, 2.24) is 24.5 Å².